The number of sulfonamides is 1. The van der Waals surface area contributed by atoms with Crippen LogP contribution in [0.15, 0.2) is 83.8 Å². The predicted octanol–water partition coefficient (Wildman–Crippen LogP) is 4.30. The van der Waals surface area contributed by atoms with E-state index >= 15 is 0 Å². The normalized spacial score (nSPS) is 22.7. The molecule has 36 heavy (non-hydrogen) atoms. The summed E-state index contributed by atoms with van der Waals surface area (Å²) in [6.45, 7) is 2.77. The van der Waals surface area contributed by atoms with Gasteiger partial charge in [0.05, 0.1) is 4.90 Å². The average Bonchev–Trinajstić information content (AvgIpc) is 3.44. The summed E-state index contributed by atoms with van der Waals surface area (Å²) in [5, 5.41) is 12.2. The van der Waals surface area contributed by atoms with Gasteiger partial charge < -0.3 is 5.32 Å². The number of halogens is 1. The van der Waals surface area contributed by atoms with Crippen molar-refractivity contribution < 1.29 is 13.2 Å². The zero-order valence-corrected chi connectivity index (χ0v) is 21.4. The number of guanidine groups is 1. The molecule has 0 saturated carbocycles. The first kappa shape index (κ1) is 24.5. The van der Waals surface area contributed by atoms with Crippen LogP contribution in [0.4, 0.5) is 0 Å². The van der Waals surface area contributed by atoms with Crippen molar-refractivity contribution >= 4 is 33.5 Å². The molecule has 0 bridgehead atoms. The van der Waals surface area contributed by atoms with Gasteiger partial charge in [0.25, 0.3) is 5.91 Å². The zero-order chi connectivity index (χ0) is 25.5. The molecule has 5 rings (SSSR count). The van der Waals surface area contributed by atoms with Crippen molar-refractivity contribution in [2.45, 2.75) is 23.8 Å². The summed E-state index contributed by atoms with van der Waals surface area (Å²) >= 11 is 6.16. The van der Waals surface area contributed by atoms with Crippen LogP contribution in [0.25, 0.3) is 11.1 Å². The number of amides is 1. The molecule has 0 spiro atoms. The predicted molar refractivity (Wildman–Crippen MR) is 140 cm³/mol. The molecule has 3 aromatic rings. The molecule has 2 heterocycles. The van der Waals surface area contributed by atoms with Gasteiger partial charge in [0.1, 0.15) is 5.54 Å². The summed E-state index contributed by atoms with van der Waals surface area (Å²) in [6, 6.07) is 23.6. The van der Waals surface area contributed by atoms with Gasteiger partial charge in [-0.3, -0.25) is 15.1 Å². The van der Waals surface area contributed by atoms with Crippen LogP contribution in [0, 0.1) is 11.3 Å². The smallest absolute Gasteiger partial charge is 0.259 e. The van der Waals surface area contributed by atoms with E-state index < -0.39 is 15.6 Å². The van der Waals surface area contributed by atoms with Crippen LogP contribution in [-0.4, -0.2) is 49.1 Å². The number of carbonyl (C=O) groups excluding carboxylic acids is 1. The molecule has 1 amide bonds. The van der Waals surface area contributed by atoms with Crippen LogP contribution in [0.2, 0.25) is 5.02 Å². The van der Waals surface area contributed by atoms with Gasteiger partial charge in [-0.2, -0.15) is 4.31 Å². The molecule has 2 atom stereocenters. The topological polar surface area (TPSA) is 93.6 Å². The maximum absolute atomic E-state index is 13.6. The van der Waals surface area contributed by atoms with Gasteiger partial charge in [-0.15, -0.1) is 0 Å². The molecule has 2 aliphatic heterocycles. The molecular weight excluding hydrogens is 496 g/mol. The Bertz CT molecular complexity index is 1430. The van der Waals surface area contributed by atoms with Gasteiger partial charge in [-0.1, -0.05) is 60.1 Å². The number of carbonyl (C=O) groups is 1. The lowest BCUT2D eigenvalue weighted by Gasteiger charge is -2.24. The highest BCUT2D eigenvalue weighted by atomic mass is 35.5. The number of nitrogens with zero attached hydrogens (tertiary/aromatic N) is 2. The van der Waals surface area contributed by atoms with Gasteiger partial charge in [-0.05, 0) is 66.3 Å². The van der Waals surface area contributed by atoms with Crippen LogP contribution >= 0.6 is 11.6 Å². The Balaban J connectivity index is 1.32. The van der Waals surface area contributed by atoms with E-state index in [0.717, 1.165) is 16.7 Å². The second kappa shape index (κ2) is 9.35. The number of benzene rings is 3. The second-order valence-electron chi connectivity index (χ2n) is 9.44. The van der Waals surface area contributed by atoms with E-state index in [9.17, 15) is 13.2 Å². The molecule has 0 aromatic heterocycles. The highest BCUT2D eigenvalue weighted by Crippen LogP contribution is 2.33. The van der Waals surface area contributed by atoms with Crippen LogP contribution in [-0.2, 0) is 20.4 Å². The molecule has 186 valence electrons. The lowest BCUT2D eigenvalue weighted by molar-refractivity contribution is -0.131. The fourth-order valence-corrected chi connectivity index (χ4v) is 6.68. The quantitative estimate of drug-likeness (QED) is 0.504. The molecule has 2 fully saturated rings. The minimum absolute atomic E-state index is 0.0278. The third-order valence-electron chi connectivity index (χ3n) is 6.98. The molecule has 2 unspecified atom stereocenters. The average molecular weight is 523 g/mol. The highest BCUT2D eigenvalue weighted by Gasteiger charge is 2.48. The Labute approximate surface area is 216 Å². The maximum Gasteiger partial charge on any atom is 0.259 e. The monoisotopic (exact) mass is 522 g/mol. The van der Waals surface area contributed by atoms with Crippen molar-refractivity contribution in [3.05, 3.63) is 89.4 Å². The van der Waals surface area contributed by atoms with Crippen LogP contribution in [0.1, 0.15) is 18.9 Å². The third-order valence-corrected chi connectivity index (χ3v) is 9.09. The van der Waals surface area contributed by atoms with Crippen molar-refractivity contribution in [3.63, 3.8) is 0 Å². The van der Waals surface area contributed by atoms with Gasteiger partial charge in [0, 0.05) is 24.7 Å². The molecular formula is C27H27ClN4O3S. The van der Waals surface area contributed by atoms with Gasteiger partial charge >= 0.3 is 0 Å². The summed E-state index contributed by atoms with van der Waals surface area (Å²) in [4.78, 5) is 15.3. The first-order valence-electron chi connectivity index (χ1n) is 11.8. The first-order valence-corrected chi connectivity index (χ1v) is 13.6. The fourth-order valence-electron chi connectivity index (χ4n) is 4.94. The van der Waals surface area contributed by atoms with Crippen molar-refractivity contribution in [1.82, 2.24) is 14.5 Å². The minimum atomic E-state index is -3.58. The Morgan fingerprint density at radius 3 is 2.44 bits per heavy atom. The van der Waals surface area contributed by atoms with Crippen LogP contribution in [0.3, 0.4) is 0 Å². The van der Waals surface area contributed by atoms with E-state index in [4.69, 9.17) is 17.0 Å². The van der Waals surface area contributed by atoms with E-state index in [1.807, 2.05) is 48.5 Å². The van der Waals surface area contributed by atoms with E-state index in [0.29, 0.717) is 24.5 Å². The molecule has 2 aliphatic rings. The summed E-state index contributed by atoms with van der Waals surface area (Å²) in [5.74, 6) is -0.255. The molecule has 9 heteroatoms. The number of hydrogen-bond donors (Lipinski definition) is 2. The van der Waals surface area contributed by atoms with Crippen LogP contribution in [0.5, 0.6) is 0 Å². The zero-order valence-electron chi connectivity index (χ0n) is 19.8. The van der Waals surface area contributed by atoms with E-state index in [2.05, 4.69) is 5.32 Å². The Hall–Kier alpha value is -3.20. The van der Waals surface area contributed by atoms with Crippen molar-refractivity contribution in [1.29, 1.82) is 5.41 Å². The summed E-state index contributed by atoms with van der Waals surface area (Å²) in [5.41, 5.74) is 1.52. The van der Waals surface area contributed by atoms with Gasteiger partial charge in [-0.25, -0.2) is 8.42 Å². The lowest BCUT2D eigenvalue weighted by Crippen LogP contribution is -2.41. The number of rotatable bonds is 6. The Morgan fingerprint density at radius 2 is 1.72 bits per heavy atom. The standard InChI is InChI=1S/C27H27ClN4O3S/c1-27(22-9-5-7-20(15-22)21-8-6-10-23(28)16-21)25(33)32(26(29)30-27)18-19-13-14-31(17-19)36(34,35)24-11-3-2-4-12-24/h2-12,15-16,19H,13-14,17-18H2,1H3,(H2,29,30). The fraction of sp³-hybridized carbons (Fsp3) is 0.259. The molecule has 2 saturated heterocycles. The van der Waals surface area contributed by atoms with Crippen molar-refractivity contribution in [2.24, 2.45) is 5.92 Å². The molecule has 7 nitrogen and oxygen atoms in total. The molecule has 2 N–H and O–H groups in total. The largest absolute Gasteiger partial charge is 0.338 e. The maximum atomic E-state index is 13.6. The molecule has 0 aliphatic carbocycles. The van der Waals surface area contributed by atoms with E-state index in [-0.39, 0.29) is 29.2 Å². The Kier molecular flexibility index (Phi) is 6.36. The number of nitrogens with one attached hydrogen (secondary N) is 2. The first-order chi connectivity index (χ1) is 17.2. The summed E-state index contributed by atoms with van der Waals surface area (Å²) in [7, 11) is -3.58. The third kappa shape index (κ3) is 4.40. The summed E-state index contributed by atoms with van der Waals surface area (Å²) in [6.07, 6.45) is 0.629. The second-order valence-corrected chi connectivity index (χ2v) is 11.8. The molecule has 3 aromatic carbocycles. The van der Waals surface area contributed by atoms with E-state index in [1.54, 1.807) is 37.3 Å². The van der Waals surface area contributed by atoms with E-state index in [1.165, 1.54) is 9.21 Å². The minimum Gasteiger partial charge on any atom is -0.338 e. The molecule has 0 radical (unpaired) electrons. The summed E-state index contributed by atoms with van der Waals surface area (Å²) < 4.78 is 27.4. The van der Waals surface area contributed by atoms with Crippen LogP contribution < -0.4 is 5.32 Å². The highest BCUT2D eigenvalue weighted by molar-refractivity contribution is 7.89. The van der Waals surface area contributed by atoms with Crippen molar-refractivity contribution in [2.75, 3.05) is 19.6 Å². The van der Waals surface area contributed by atoms with Gasteiger partial charge in [0.2, 0.25) is 10.0 Å². The number of hydrogen-bond acceptors (Lipinski definition) is 4. The Morgan fingerprint density at radius 1 is 1.03 bits per heavy atom. The SMILES string of the molecule is CC1(c2cccc(-c3cccc(Cl)c3)c2)NC(=N)N(CC2CCN(S(=O)(=O)c3ccccc3)C2)C1=O. The lowest BCUT2D eigenvalue weighted by atomic mass is 9.89. The van der Waals surface area contributed by atoms with Crippen molar-refractivity contribution in [3.8, 4) is 11.1 Å². The van der Waals surface area contributed by atoms with Gasteiger partial charge in [0.15, 0.2) is 5.96 Å².